The third kappa shape index (κ3) is 4.19. The van der Waals surface area contributed by atoms with Crippen molar-refractivity contribution in [2.45, 2.75) is 64.0 Å². The zero-order chi connectivity index (χ0) is 18.8. The number of amides is 2. The van der Waals surface area contributed by atoms with Gasteiger partial charge in [0.1, 0.15) is 5.60 Å². The Bertz CT molecular complexity index is 639. The molecule has 2 amide bonds. The highest BCUT2D eigenvalue weighted by atomic mass is 16.6. The highest BCUT2D eigenvalue weighted by Crippen LogP contribution is 2.41. The van der Waals surface area contributed by atoms with E-state index in [0.717, 1.165) is 19.3 Å². The van der Waals surface area contributed by atoms with E-state index >= 15 is 0 Å². The van der Waals surface area contributed by atoms with Crippen molar-refractivity contribution in [1.82, 2.24) is 10.2 Å². The van der Waals surface area contributed by atoms with Crippen molar-refractivity contribution in [2.24, 2.45) is 5.92 Å². The first kappa shape index (κ1) is 18.7. The number of carbonyl (C=O) groups excluding carboxylic acids is 2. The minimum Gasteiger partial charge on any atom is -0.444 e. The zero-order valence-corrected chi connectivity index (χ0v) is 16.1. The molecule has 0 bridgehead atoms. The Kier molecular flexibility index (Phi) is 5.26. The third-order valence-electron chi connectivity index (χ3n) is 5.41. The predicted octanol–water partition coefficient (Wildman–Crippen LogP) is 3.83. The van der Waals surface area contributed by atoms with Crippen molar-refractivity contribution in [3.63, 3.8) is 0 Å². The number of nitrogens with one attached hydrogen (secondary N) is 1. The molecule has 1 aromatic rings. The lowest BCUT2D eigenvalue weighted by Crippen LogP contribution is -2.54. The zero-order valence-electron chi connectivity index (χ0n) is 16.1. The smallest absolute Gasteiger partial charge is 0.410 e. The van der Waals surface area contributed by atoms with Crippen LogP contribution in [0, 0.1) is 5.92 Å². The van der Waals surface area contributed by atoms with Gasteiger partial charge in [-0.05, 0) is 58.4 Å². The number of piperidine rings is 1. The molecule has 2 aliphatic rings. The maximum absolute atomic E-state index is 12.8. The van der Waals surface area contributed by atoms with Crippen LogP contribution in [0.2, 0.25) is 0 Å². The summed E-state index contributed by atoms with van der Waals surface area (Å²) >= 11 is 0. The summed E-state index contributed by atoms with van der Waals surface area (Å²) in [5.74, 6) is 0.0901. The second-order valence-electron chi connectivity index (χ2n) is 8.53. The SMILES string of the molecule is CC(C)(C)OC(=O)N1CCC(C(=O)NC2(c3ccccc3)CCC2)CC1. The number of nitrogens with zero attached hydrogens (tertiary/aromatic N) is 1. The minimum absolute atomic E-state index is 0.0325. The first-order valence-electron chi connectivity index (χ1n) is 9.65. The van der Waals surface area contributed by atoms with Gasteiger partial charge in [0.2, 0.25) is 5.91 Å². The van der Waals surface area contributed by atoms with Gasteiger partial charge in [-0.1, -0.05) is 30.3 Å². The molecule has 1 saturated carbocycles. The molecule has 26 heavy (non-hydrogen) atoms. The van der Waals surface area contributed by atoms with Gasteiger partial charge in [-0.25, -0.2) is 4.79 Å². The van der Waals surface area contributed by atoms with Crippen LogP contribution in [-0.4, -0.2) is 35.6 Å². The molecule has 5 heteroatoms. The molecule has 1 saturated heterocycles. The Morgan fingerprint density at radius 1 is 1.12 bits per heavy atom. The second kappa shape index (κ2) is 7.29. The van der Waals surface area contributed by atoms with E-state index < -0.39 is 5.60 Å². The summed E-state index contributed by atoms with van der Waals surface area (Å²) in [6.07, 6.45) is 4.24. The molecule has 1 aliphatic carbocycles. The molecule has 0 atom stereocenters. The summed E-state index contributed by atoms with van der Waals surface area (Å²) in [6.45, 7) is 6.75. The van der Waals surface area contributed by atoms with Crippen LogP contribution in [0.4, 0.5) is 4.79 Å². The molecular formula is C21H30N2O3. The Morgan fingerprint density at radius 2 is 1.73 bits per heavy atom. The van der Waals surface area contributed by atoms with Gasteiger partial charge in [0, 0.05) is 19.0 Å². The highest BCUT2D eigenvalue weighted by molar-refractivity contribution is 5.80. The summed E-state index contributed by atoms with van der Waals surface area (Å²) in [5, 5.41) is 3.32. The summed E-state index contributed by atoms with van der Waals surface area (Å²) in [5.41, 5.74) is 0.518. The van der Waals surface area contributed by atoms with Crippen LogP contribution in [0.3, 0.4) is 0 Å². The first-order chi connectivity index (χ1) is 12.3. The third-order valence-corrected chi connectivity index (χ3v) is 5.41. The molecule has 5 nitrogen and oxygen atoms in total. The Hall–Kier alpha value is -2.04. The van der Waals surface area contributed by atoms with E-state index in [1.165, 1.54) is 5.56 Å². The van der Waals surface area contributed by atoms with Crippen molar-refractivity contribution < 1.29 is 14.3 Å². The van der Waals surface area contributed by atoms with Gasteiger partial charge in [-0.3, -0.25) is 4.79 Å². The average molecular weight is 358 g/mol. The highest BCUT2D eigenvalue weighted by Gasteiger charge is 2.41. The summed E-state index contributed by atoms with van der Waals surface area (Å²) < 4.78 is 5.42. The molecule has 1 heterocycles. The normalized spacial score (nSPS) is 20.2. The summed E-state index contributed by atoms with van der Waals surface area (Å²) in [4.78, 5) is 26.7. The van der Waals surface area contributed by atoms with E-state index in [-0.39, 0.29) is 23.5 Å². The molecular weight excluding hydrogens is 328 g/mol. The van der Waals surface area contributed by atoms with Gasteiger partial charge < -0.3 is 15.0 Å². The maximum atomic E-state index is 12.8. The molecule has 3 rings (SSSR count). The van der Waals surface area contributed by atoms with E-state index in [0.29, 0.717) is 25.9 Å². The molecule has 0 unspecified atom stereocenters. The summed E-state index contributed by atoms with van der Waals surface area (Å²) in [6, 6.07) is 10.3. The van der Waals surface area contributed by atoms with E-state index in [2.05, 4.69) is 17.4 Å². The van der Waals surface area contributed by atoms with Crippen LogP contribution in [0.25, 0.3) is 0 Å². The molecule has 2 fully saturated rings. The fraction of sp³-hybridized carbons (Fsp3) is 0.619. The van der Waals surface area contributed by atoms with Crippen LogP contribution >= 0.6 is 0 Å². The number of likely N-dealkylation sites (tertiary alicyclic amines) is 1. The van der Waals surface area contributed by atoms with Gasteiger partial charge in [0.25, 0.3) is 0 Å². The van der Waals surface area contributed by atoms with E-state index in [4.69, 9.17) is 4.74 Å². The average Bonchev–Trinajstić information content (AvgIpc) is 2.57. The van der Waals surface area contributed by atoms with E-state index in [1.54, 1.807) is 4.90 Å². The molecule has 1 aliphatic heterocycles. The van der Waals surface area contributed by atoms with Crippen LogP contribution in [0.5, 0.6) is 0 Å². The standard InChI is InChI=1S/C21H30N2O3/c1-20(2,3)26-19(25)23-14-10-16(11-15-23)18(24)22-21(12-7-13-21)17-8-5-4-6-9-17/h4-6,8-9,16H,7,10-15H2,1-3H3,(H,22,24). The largest absolute Gasteiger partial charge is 0.444 e. The fourth-order valence-corrected chi connectivity index (χ4v) is 3.76. The van der Waals surface area contributed by atoms with Crippen molar-refractivity contribution >= 4 is 12.0 Å². The molecule has 1 aromatic carbocycles. The van der Waals surface area contributed by atoms with Crippen LogP contribution in [0.1, 0.15) is 58.4 Å². The van der Waals surface area contributed by atoms with Crippen molar-refractivity contribution in [3.8, 4) is 0 Å². The number of carbonyl (C=O) groups is 2. The maximum Gasteiger partial charge on any atom is 0.410 e. The Balaban J connectivity index is 1.55. The monoisotopic (exact) mass is 358 g/mol. The lowest BCUT2D eigenvalue weighted by molar-refractivity contribution is -0.129. The number of hydrogen-bond acceptors (Lipinski definition) is 3. The number of hydrogen-bond donors (Lipinski definition) is 1. The lowest BCUT2D eigenvalue weighted by Gasteiger charge is -2.44. The van der Waals surface area contributed by atoms with Crippen LogP contribution < -0.4 is 5.32 Å². The summed E-state index contributed by atoms with van der Waals surface area (Å²) in [7, 11) is 0. The predicted molar refractivity (Wildman–Crippen MR) is 101 cm³/mol. The van der Waals surface area contributed by atoms with Crippen molar-refractivity contribution in [1.29, 1.82) is 0 Å². The Labute approximate surface area is 156 Å². The second-order valence-corrected chi connectivity index (χ2v) is 8.53. The van der Waals surface area contributed by atoms with E-state index in [9.17, 15) is 9.59 Å². The molecule has 142 valence electrons. The number of ether oxygens (including phenoxy) is 1. The fourth-order valence-electron chi connectivity index (χ4n) is 3.76. The van der Waals surface area contributed by atoms with Gasteiger partial charge in [-0.2, -0.15) is 0 Å². The van der Waals surface area contributed by atoms with Gasteiger partial charge >= 0.3 is 6.09 Å². The van der Waals surface area contributed by atoms with Crippen LogP contribution in [0.15, 0.2) is 30.3 Å². The number of rotatable bonds is 3. The molecule has 0 aromatic heterocycles. The first-order valence-corrected chi connectivity index (χ1v) is 9.65. The van der Waals surface area contributed by atoms with Gasteiger partial charge in [0.05, 0.1) is 5.54 Å². The van der Waals surface area contributed by atoms with Crippen molar-refractivity contribution in [3.05, 3.63) is 35.9 Å². The Morgan fingerprint density at radius 3 is 2.23 bits per heavy atom. The van der Waals surface area contributed by atoms with E-state index in [1.807, 2.05) is 39.0 Å². The van der Waals surface area contributed by atoms with Crippen molar-refractivity contribution in [2.75, 3.05) is 13.1 Å². The molecule has 0 radical (unpaired) electrons. The van der Waals surface area contributed by atoms with Gasteiger partial charge in [-0.15, -0.1) is 0 Å². The topological polar surface area (TPSA) is 58.6 Å². The van der Waals surface area contributed by atoms with Gasteiger partial charge in [0.15, 0.2) is 0 Å². The number of benzene rings is 1. The lowest BCUT2D eigenvalue weighted by atomic mass is 9.71. The molecule has 0 spiro atoms. The molecule has 1 N–H and O–H groups in total. The minimum atomic E-state index is -0.488. The van der Waals surface area contributed by atoms with Crippen LogP contribution in [-0.2, 0) is 15.1 Å². The quantitative estimate of drug-likeness (QED) is 0.893.